The van der Waals surface area contributed by atoms with Gasteiger partial charge in [-0.1, -0.05) is 32.5 Å². The molecule has 7 atom stereocenters. The zero-order valence-corrected chi connectivity index (χ0v) is 25.2. The van der Waals surface area contributed by atoms with Gasteiger partial charge >= 0.3 is 6.18 Å². The Morgan fingerprint density at radius 2 is 1.88 bits per heavy atom. The monoisotopic (exact) mass is 599 g/mol. The largest absolute Gasteiger partial charge is 0.435 e. The maximum Gasteiger partial charge on any atom is 0.435 e. The Bertz CT molecular complexity index is 1090. The van der Waals surface area contributed by atoms with Gasteiger partial charge in [0.05, 0.1) is 0 Å². The lowest BCUT2D eigenvalue weighted by molar-refractivity contribution is -0.142. The molecule has 41 heavy (non-hydrogen) atoms. The number of amides is 1. The van der Waals surface area contributed by atoms with Gasteiger partial charge in [-0.05, 0) is 86.9 Å². The Morgan fingerprint density at radius 1 is 1.15 bits per heavy atom. The van der Waals surface area contributed by atoms with Crippen molar-refractivity contribution in [2.75, 3.05) is 18.8 Å². The molecule has 0 bridgehead atoms. The second-order valence-corrected chi connectivity index (χ2v) is 14.6. The summed E-state index contributed by atoms with van der Waals surface area (Å²) in [5.41, 5.74) is -0.638. The number of hydrogen-bond donors (Lipinski definition) is 2. The van der Waals surface area contributed by atoms with Crippen LogP contribution in [0.5, 0.6) is 0 Å². The van der Waals surface area contributed by atoms with Crippen molar-refractivity contribution in [3.05, 3.63) is 17.5 Å². The van der Waals surface area contributed by atoms with Crippen LogP contribution in [-0.2, 0) is 17.5 Å². The maximum absolute atomic E-state index is 14.2. The van der Waals surface area contributed by atoms with Crippen molar-refractivity contribution in [2.24, 2.45) is 35.5 Å². The van der Waals surface area contributed by atoms with E-state index >= 15 is 0 Å². The minimum Gasteiger partial charge on any atom is -0.353 e. The lowest BCUT2D eigenvalue weighted by atomic mass is 9.71. The van der Waals surface area contributed by atoms with Crippen molar-refractivity contribution in [2.45, 2.75) is 103 Å². The van der Waals surface area contributed by atoms with Gasteiger partial charge in [0.15, 0.2) is 10.9 Å². The molecule has 1 amide bonds. The number of halogens is 4. The van der Waals surface area contributed by atoms with Crippen molar-refractivity contribution < 1.29 is 22.4 Å². The molecule has 6 unspecified atom stereocenters. The summed E-state index contributed by atoms with van der Waals surface area (Å²) < 4.78 is 58.2. The highest BCUT2D eigenvalue weighted by molar-refractivity contribution is 8.14. The van der Waals surface area contributed by atoms with Crippen LogP contribution in [0.2, 0.25) is 0 Å². The van der Waals surface area contributed by atoms with E-state index < -0.39 is 29.9 Å². The minimum atomic E-state index is -4.57. The van der Waals surface area contributed by atoms with Gasteiger partial charge < -0.3 is 10.2 Å². The zero-order valence-electron chi connectivity index (χ0n) is 24.4. The van der Waals surface area contributed by atoms with E-state index in [1.807, 2.05) is 25.7 Å². The molecule has 3 aliphatic carbocycles. The second-order valence-electron chi connectivity index (χ2n) is 13.6. The Kier molecular flexibility index (Phi) is 9.31. The summed E-state index contributed by atoms with van der Waals surface area (Å²) in [7, 11) is 0. The number of nitrogens with one attached hydrogen (secondary N) is 2. The van der Waals surface area contributed by atoms with Gasteiger partial charge in [0.25, 0.3) is 0 Å². The fourth-order valence-electron chi connectivity index (χ4n) is 7.49. The maximum atomic E-state index is 14.2. The van der Waals surface area contributed by atoms with Crippen LogP contribution in [0.3, 0.4) is 0 Å². The summed E-state index contributed by atoms with van der Waals surface area (Å²) in [6.07, 6.45) is 1.87. The molecule has 1 aliphatic heterocycles. The van der Waals surface area contributed by atoms with E-state index in [4.69, 9.17) is 5.41 Å². The molecule has 1 aromatic heterocycles. The van der Waals surface area contributed by atoms with E-state index in [9.17, 15) is 22.4 Å². The first-order chi connectivity index (χ1) is 19.4. The molecule has 230 valence electrons. The van der Waals surface area contributed by atoms with Crippen LogP contribution >= 0.6 is 11.8 Å². The summed E-state index contributed by atoms with van der Waals surface area (Å²) in [4.78, 5) is 15.9. The first-order valence-corrected chi connectivity index (χ1v) is 16.4. The first-order valence-electron chi connectivity index (χ1n) is 15.4. The van der Waals surface area contributed by atoms with E-state index in [2.05, 4.69) is 10.4 Å². The third-order valence-electron chi connectivity index (χ3n) is 9.64. The molecule has 2 N–H and O–H groups in total. The molecule has 0 spiro atoms. The number of carbonyl (C=O) groups is 1. The molecule has 1 aromatic rings. The molecule has 4 aliphatic rings. The molecular formula is C30H45F4N5OS. The van der Waals surface area contributed by atoms with Crippen molar-refractivity contribution in [3.63, 3.8) is 0 Å². The van der Waals surface area contributed by atoms with Crippen LogP contribution in [0.4, 0.5) is 17.6 Å². The van der Waals surface area contributed by atoms with Crippen LogP contribution in [0.25, 0.3) is 0 Å². The van der Waals surface area contributed by atoms with Gasteiger partial charge in [-0.3, -0.25) is 14.9 Å². The standard InChI is InChI=1S/C30H45F4N5OS/c1-17(2)14-39-16-24(27(37-39)30(32,33)34)22-11-19(15-38-8-9-41-29(38)35)12-23(13-22)28(40)36-26(20-4-5-20)21-6-7-25(31)18(3)10-21/h16-23,25-26,35H,4-15H2,1-3H3,(H,36,40)/t18?,19?,21?,22?,23?,25?,26-/m0/s1. The van der Waals surface area contributed by atoms with Crippen LogP contribution < -0.4 is 5.32 Å². The third-order valence-corrected chi connectivity index (χ3v) is 10.6. The number of rotatable bonds is 9. The molecular weight excluding hydrogens is 554 g/mol. The third kappa shape index (κ3) is 7.42. The Morgan fingerprint density at radius 3 is 2.49 bits per heavy atom. The predicted molar refractivity (Wildman–Crippen MR) is 153 cm³/mol. The summed E-state index contributed by atoms with van der Waals surface area (Å²) in [6.45, 7) is 7.58. The summed E-state index contributed by atoms with van der Waals surface area (Å²) in [5.74, 6) is 0.707. The number of carbonyl (C=O) groups excluding carboxylic acids is 1. The first kappa shape index (κ1) is 30.7. The van der Waals surface area contributed by atoms with Gasteiger partial charge in [-0.2, -0.15) is 18.3 Å². The number of alkyl halides is 4. The van der Waals surface area contributed by atoms with Crippen LogP contribution in [0.15, 0.2) is 6.20 Å². The summed E-state index contributed by atoms with van der Waals surface area (Å²) in [6, 6.07) is 0.0129. The second kappa shape index (κ2) is 12.4. The topological polar surface area (TPSA) is 74.0 Å². The Hall–Kier alpha value is -1.78. The fourth-order valence-corrected chi connectivity index (χ4v) is 8.35. The SMILES string of the molecule is CC(C)Cn1cc(C2CC(CN3CCSC3=N)CC(C(=O)N[C@@H](C3CC3)C3CCC(F)C(C)C3)C2)c(C(F)(F)F)n1. The number of amidine groups is 1. The van der Waals surface area contributed by atoms with E-state index in [1.54, 1.807) is 6.20 Å². The highest BCUT2D eigenvalue weighted by atomic mass is 32.2. The van der Waals surface area contributed by atoms with Gasteiger partial charge in [0.1, 0.15) is 6.17 Å². The minimum absolute atomic E-state index is 0.000504. The molecule has 2 heterocycles. The van der Waals surface area contributed by atoms with Crippen LogP contribution in [-0.4, -0.2) is 56.8 Å². The van der Waals surface area contributed by atoms with Crippen molar-refractivity contribution in [3.8, 4) is 0 Å². The average Bonchev–Trinajstić information content (AvgIpc) is 3.53. The summed E-state index contributed by atoms with van der Waals surface area (Å²) >= 11 is 1.49. The van der Waals surface area contributed by atoms with E-state index in [0.717, 1.165) is 38.0 Å². The molecule has 6 nitrogen and oxygen atoms in total. The van der Waals surface area contributed by atoms with Crippen molar-refractivity contribution in [1.29, 1.82) is 5.41 Å². The molecule has 5 rings (SSSR count). The molecule has 0 radical (unpaired) electrons. The number of thioether (sulfide) groups is 1. The van der Waals surface area contributed by atoms with Gasteiger partial charge in [0.2, 0.25) is 5.91 Å². The number of aromatic nitrogens is 2. The predicted octanol–water partition coefficient (Wildman–Crippen LogP) is 6.71. The highest BCUT2D eigenvalue weighted by Crippen LogP contribution is 2.46. The Balaban J connectivity index is 1.38. The van der Waals surface area contributed by atoms with Gasteiger partial charge in [-0.25, -0.2) is 4.39 Å². The summed E-state index contributed by atoms with van der Waals surface area (Å²) in [5, 5.41) is 16.1. The number of hydrogen-bond acceptors (Lipinski definition) is 4. The van der Waals surface area contributed by atoms with E-state index in [-0.39, 0.29) is 41.2 Å². The fraction of sp³-hybridized carbons (Fsp3) is 0.833. The van der Waals surface area contributed by atoms with Crippen molar-refractivity contribution in [1.82, 2.24) is 20.0 Å². The van der Waals surface area contributed by atoms with Crippen LogP contribution in [0.1, 0.15) is 89.3 Å². The molecule has 4 fully saturated rings. The van der Waals surface area contributed by atoms with Gasteiger partial charge in [0, 0.05) is 49.1 Å². The average molecular weight is 600 g/mol. The lowest BCUT2D eigenvalue weighted by Crippen LogP contribution is -2.48. The zero-order chi connectivity index (χ0) is 29.5. The molecule has 11 heteroatoms. The Labute approximate surface area is 245 Å². The smallest absolute Gasteiger partial charge is 0.353 e. The number of nitrogens with zero attached hydrogens (tertiary/aromatic N) is 3. The van der Waals surface area contributed by atoms with Crippen molar-refractivity contribution >= 4 is 22.8 Å². The lowest BCUT2D eigenvalue weighted by Gasteiger charge is -2.39. The van der Waals surface area contributed by atoms with E-state index in [1.165, 1.54) is 16.4 Å². The molecule has 0 aromatic carbocycles. The molecule has 3 saturated carbocycles. The van der Waals surface area contributed by atoms with E-state index in [0.29, 0.717) is 49.9 Å². The van der Waals surface area contributed by atoms with Crippen LogP contribution in [0, 0.1) is 40.9 Å². The highest BCUT2D eigenvalue weighted by Gasteiger charge is 2.45. The quantitative estimate of drug-likeness (QED) is 0.310. The normalized spacial score (nSPS) is 32.0. The molecule has 1 saturated heterocycles. The van der Waals surface area contributed by atoms with Gasteiger partial charge in [-0.15, -0.1) is 0 Å².